The Bertz CT molecular complexity index is 762. The average Bonchev–Trinajstić information content (AvgIpc) is 2.83. The lowest BCUT2D eigenvalue weighted by Crippen LogP contribution is -2.21. The number of benzene rings is 1. The van der Waals surface area contributed by atoms with E-state index in [-0.39, 0.29) is 16.9 Å². The number of nitrogens with one attached hydrogen (secondary N) is 1. The van der Waals surface area contributed by atoms with Crippen molar-refractivity contribution in [3.05, 3.63) is 51.9 Å². The number of carboxylic acids is 1. The van der Waals surface area contributed by atoms with Gasteiger partial charge >= 0.3 is 5.97 Å². The monoisotopic (exact) mass is 329 g/mol. The fraction of sp³-hybridized carbons (Fsp3) is 0.333. The van der Waals surface area contributed by atoms with E-state index in [0.717, 1.165) is 29.7 Å². The predicted molar refractivity (Wildman–Crippen MR) is 91.5 cm³/mol. The van der Waals surface area contributed by atoms with Crippen molar-refractivity contribution in [3.63, 3.8) is 0 Å². The molecule has 1 amide bonds. The Hall–Kier alpha value is -2.14. The van der Waals surface area contributed by atoms with Crippen LogP contribution in [0.25, 0.3) is 0 Å². The SMILES string of the molecule is CC1(C)CCc2c(sc(NC(=O)c3ccccc3)c2C(=O)O)C1. The molecule has 23 heavy (non-hydrogen) atoms. The number of fused-ring (bicyclic) bond motifs is 1. The van der Waals surface area contributed by atoms with Gasteiger partial charge in [0.25, 0.3) is 5.91 Å². The van der Waals surface area contributed by atoms with Gasteiger partial charge in [-0.15, -0.1) is 11.3 Å². The standard InChI is InChI=1S/C18H19NO3S/c1-18(2)9-8-12-13(10-18)23-16(14(12)17(21)22)19-15(20)11-6-4-3-5-7-11/h3-7H,8-10H2,1-2H3,(H,19,20)(H,21,22). The zero-order valence-electron chi connectivity index (χ0n) is 13.2. The Kier molecular flexibility index (Phi) is 3.98. The maximum absolute atomic E-state index is 12.3. The number of carbonyl (C=O) groups is 2. The second-order valence-corrected chi connectivity index (χ2v) is 7.78. The van der Waals surface area contributed by atoms with Crippen molar-refractivity contribution in [3.8, 4) is 0 Å². The van der Waals surface area contributed by atoms with Crippen LogP contribution in [0.3, 0.4) is 0 Å². The van der Waals surface area contributed by atoms with Crippen molar-refractivity contribution >= 4 is 28.2 Å². The first-order chi connectivity index (χ1) is 10.9. The first-order valence-electron chi connectivity index (χ1n) is 7.62. The van der Waals surface area contributed by atoms with Crippen molar-refractivity contribution in [1.29, 1.82) is 0 Å². The molecule has 120 valence electrons. The van der Waals surface area contributed by atoms with Gasteiger partial charge in [-0.05, 0) is 42.4 Å². The molecule has 2 aromatic rings. The van der Waals surface area contributed by atoms with Gasteiger partial charge in [0, 0.05) is 10.4 Å². The quantitative estimate of drug-likeness (QED) is 0.886. The highest BCUT2D eigenvalue weighted by Crippen LogP contribution is 2.43. The normalized spacial score (nSPS) is 15.7. The summed E-state index contributed by atoms with van der Waals surface area (Å²) < 4.78 is 0. The molecule has 4 nitrogen and oxygen atoms in total. The van der Waals surface area contributed by atoms with Gasteiger partial charge in [-0.1, -0.05) is 32.0 Å². The summed E-state index contributed by atoms with van der Waals surface area (Å²) >= 11 is 1.40. The Morgan fingerprint density at radius 1 is 1.22 bits per heavy atom. The minimum Gasteiger partial charge on any atom is -0.478 e. The molecule has 3 rings (SSSR count). The summed E-state index contributed by atoms with van der Waals surface area (Å²) in [5.74, 6) is -1.24. The number of carboxylic acid groups (broad SMARTS) is 1. The second kappa shape index (κ2) is 5.81. The van der Waals surface area contributed by atoms with E-state index in [1.54, 1.807) is 24.3 Å². The molecule has 1 aliphatic carbocycles. The van der Waals surface area contributed by atoms with Crippen molar-refractivity contribution in [2.45, 2.75) is 33.1 Å². The van der Waals surface area contributed by atoms with Gasteiger partial charge in [0.05, 0.1) is 5.56 Å². The fourth-order valence-electron chi connectivity index (χ4n) is 2.98. The van der Waals surface area contributed by atoms with Crippen LogP contribution in [-0.2, 0) is 12.8 Å². The lowest BCUT2D eigenvalue weighted by atomic mass is 9.77. The molecular formula is C18H19NO3S. The maximum atomic E-state index is 12.3. The molecule has 1 aliphatic rings. The van der Waals surface area contributed by atoms with Gasteiger partial charge < -0.3 is 10.4 Å². The van der Waals surface area contributed by atoms with E-state index in [1.807, 2.05) is 6.07 Å². The third-order valence-corrected chi connectivity index (χ3v) is 5.41. The lowest BCUT2D eigenvalue weighted by molar-refractivity contribution is 0.0696. The summed E-state index contributed by atoms with van der Waals surface area (Å²) in [4.78, 5) is 25.1. The summed E-state index contributed by atoms with van der Waals surface area (Å²) in [6, 6.07) is 8.84. The minimum atomic E-state index is -0.967. The Labute approximate surface area is 139 Å². The van der Waals surface area contributed by atoms with Gasteiger partial charge in [-0.3, -0.25) is 4.79 Å². The second-order valence-electron chi connectivity index (χ2n) is 6.67. The highest BCUT2D eigenvalue weighted by molar-refractivity contribution is 7.17. The number of rotatable bonds is 3. The van der Waals surface area contributed by atoms with E-state index in [1.165, 1.54) is 11.3 Å². The summed E-state index contributed by atoms with van der Waals surface area (Å²) in [6.45, 7) is 4.39. The van der Waals surface area contributed by atoms with E-state index in [0.29, 0.717) is 10.6 Å². The van der Waals surface area contributed by atoms with Crippen LogP contribution in [0, 0.1) is 5.41 Å². The Morgan fingerprint density at radius 2 is 1.91 bits per heavy atom. The van der Waals surface area contributed by atoms with Gasteiger partial charge in [-0.25, -0.2) is 4.79 Å². The van der Waals surface area contributed by atoms with Crippen LogP contribution in [-0.4, -0.2) is 17.0 Å². The van der Waals surface area contributed by atoms with Crippen LogP contribution < -0.4 is 5.32 Å². The minimum absolute atomic E-state index is 0.175. The summed E-state index contributed by atoms with van der Waals surface area (Å²) in [6.07, 6.45) is 2.57. The van der Waals surface area contributed by atoms with E-state index in [9.17, 15) is 14.7 Å². The fourth-order valence-corrected chi connectivity index (χ4v) is 4.48. The molecule has 0 spiro atoms. The van der Waals surface area contributed by atoms with E-state index in [4.69, 9.17) is 0 Å². The Balaban J connectivity index is 1.95. The summed E-state index contributed by atoms with van der Waals surface area (Å²) in [5.41, 5.74) is 1.86. The predicted octanol–water partition coefficient (Wildman–Crippen LogP) is 4.21. The number of amides is 1. The first-order valence-corrected chi connectivity index (χ1v) is 8.43. The van der Waals surface area contributed by atoms with Crippen LogP contribution in [0.4, 0.5) is 5.00 Å². The summed E-state index contributed by atoms with van der Waals surface area (Å²) in [7, 11) is 0. The number of anilines is 1. The van der Waals surface area contributed by atoms with Crippen LogP contribution in [0.5, 0.6) is 0 Å². The molecule has 1 aromatic heterocycles. The van der Waals surface area contributed by atoms with Crippen molar-refractivity contribution < 1.29 is 14.7 Å². The topological polar surface area (TPSA) is 66.4 Å². The number of hydrogen-bond acceptors (Lipinski definition) is 3. The highest BCUT2D eigenvalue weighted by atomic mass is 32.1. The zero-order valence-corrected chi connectivity index (χ0v) is 14.0. The van der Waals surface area contributed by atoms with Gasteiger partial charge in [-0.2, -0.15) is 0 Å². The molecule has 0 atom stereocenters. The van der Waals surface area contributed by atoms with Crippen LogP contribution >= 0.6 is 11.3 Å². The zero-order chi connectivity index (χ0) is 16.6. The molecule has 0 fully saturated rings. The smallest absolute Gasteiger partial charge is 0.339 e. The molecule has 0 unspecified atom stereocenters. The van der Waals surface area contributed by atoms with Crippen LogP contribution in [0.1, 0.15) is 51.4 Å². The third kappa shape index (κ3) is 3.15. The molecule has 0 aliphatic heterocycles. The number of thiophene rings is 1. The van der Waals surface area contributed by atoms with Gasteiger partial charge in [0.1, 0.15) is 5.00 Å². The molecule has 0 bridgehead atoms. The van der Waals surface area contributed by atoms with Crippen molar-refractivity contribution in [2.75, 3.05) is 5.32 Å². The molecule has 5 heteroatoms. The van der Waals surface area contributed by atoms with E-state index < -0.39 is 5.97 Å². The molecule has 0 saturated heterocycles. The van der Waals surface area contributed by atoms with Crippen LogP contribution in [0.15, 0.2) is 30.3 Å². The number of hydrogen-bond donors (Lipinski definition) is 2. The molecule has 0 saturated carbocycles. The largest absolute Gasteiger partial charge is 0.478 e. The molecule has 2 N–H and O–H groups in total. The first kappa shape index (κ1) is 15.7. The summed E-state index contributed by atoms with van der Waals surface area (Å²) in [5, 5.41) is 12.8. The van der Waals surface area contributed by atoms with Crippen molar-refractivity contribution in [2.24, 2.45) is 5.41 Å². The van der Waals surface area contributed by atoms with Gasteiger partial charge in [0.2, 0.25) is 0 Å². The maximum Gasteiger partial charge on any atom is 0.339 e. The Morgan fingerprint density at radius 3 is 2.57 bits per heavy atom. The van der Waals surface area contributed by atoms with E-state index >= 15 is 0 Å². The average molecular weight is 329 g/mol. The third-order valence-electron chi connectivity index (χ3n) is 4.26. The lowest BCUT2D eigenvalue weighted by Gasteiger charge is -2.29. The van der Waals surface area contributed by atoms with Crippen LogP contribution in [0.2, 0.25) is 0 Å². The van der Waals surface area contributed by atoms with E-state index in [2.05, 4.69) is 19.2 Å². The molecular weight excluding hydrogens is 310 g/mol. The van der Waals surface area contributed by atoms with Gasteiger partial charge in [0.15, 0.2) is 0 Å². The number of aromatic carboxylic acids is 1. The highest BCUT2D eigenvalue weighted by Gasteiger charge is 2.32. The number of carbonyl (C=O) groups excluding carboxylic acids is 1. The molecule has 1 heterocycles. The molecule has 1 aromatic carbocycles. The molecule has 0 radical (unpaired) electrons. The van der Waals surface area contributed by atoms with Crippen molar-refractivity contribution in [1.82, 2.24) is 0 Å².